The minimum atomic E-state index is -0.330. The molecule has 0 bridgehead atoms. The van der Waals surface area contributed by atoms with Crippen molar-refractivity contribution >= 4 is 29.1 Å². The fourth-order valence-corrected chi connectivity index (χ4v) is 2.80. The molecule has 6 nitrogen and oxygen atoms in total. The monoisotopic (exact) mass is 390 g/mol. The van der Waals surface area contributed by atoms with E-state index in [0.717, 1.165) is 5.56 Å². The maximum atomic E-state index is 12.5. The molecule has 27 heavy (non-hydrogen) atoms. The molecule has 2 amide bonds. The molecule has 7 heteroatoms. The lowest BCUT2D eigenvalue weighted by molar-refractivity contribution is -0.120. The highest BCUT2D eigenvalue weighted by Crippen LogP contribution is 2.36. The summed E-state index contributed by atoms with van der Waals surface area (Å²) in [6.07, 6.45) is 0.289. The molecule has 0 aromatic heterocycles. The summed E-state index contributed by atoms with van der Waals surface area (Å²) >= 11 is 6.14. The Bertz CT molecular complexity index is 819. The molecule has 144 valence electrons. The van der Waals surface area contributed by atoms with Crippen LogP contribution in [0.3, 0.4) is 0 Å². The quantitative estimate of drug-likeness (QED) is 0.756. The van der Waals surface area contributed by atoms with Crippen LogP contribution in [-0.4, -0.2) is 32.1 Å². The van der Waals surface area contributed by atoms with Gasteiger partial charge in [-0.05, 0) is 43.7 Å². The van der Waals surface area contributed by atoms with E-state index in [1.54, 1.807) is 30.3 Å². The Morgan fingerprint density at radius 3 is 2.30 bits per heavy atom. The molecule has 2 aromatic carbocycles. The van der Waals surface area contributed by atoms with E-state index in [1.165, 1.54) is 20.3 Å². The van der Waals surface area contributed by atoms with Gasteiger partial charge < -0.3 is 20.1 Å². The highest BCUT2D eigenvalue weighted by atomic mass is 35.5. The third-order valence-corrected chi connectivity index (χ3v) is 4.00. The number of carbonyl (C=O) groups excluding carboxylic acids is 2. The second kappa shape index (κ2) is 9.28. The molecule has 2 rings (SSSR count). The number of ether oxygens (including phenoxy) is 2. The summed E-state index contributed by atoms with van der Waals surface area (Å²) in [4.78, 5) is 24.3. The van der Waals surface area contributed by atoms with Crippen molar-refractivity contribution in [1.82, 2.24) is 5.32 Å². The average Bonchev–Trinajstić information content (AvgIpc) is 2.61. The Labute approximate surface area is 163 Å². The zero-order valence-corrected chi connectivity index (χ0v) is 16.5. The summed E-state index contributed by atoms with van der Waals surface area (Å²) in [5.41, 5.74) is 1.82. The van der Waals surface area contributed by atoms with Crippen LogP contribution < -0.4 is 20.1 Å². The number of hydrogen-bond donors (Lipinski definition) is 2. The summed E-state index contributed by atoms with van der Waals surface area (Å²) in [5, 5.41) is 5.92. The van der Waals surface area contributed by atoms with Crippen molar-refractivity contribution in [3.8, 4) is 11.5 Å². The van der Waals surface area contributed by atoms with Gasteiger partial charge in [0.2, 0.25) is 5.91 Å². The minimum Gasteiger partial charge on any atom is -0.493 e. The van der Waals surface area contributed by atoms with Gasteiger partial charge in [0, 0.05) is 17.3 Å². The average molecular weight is 391 g/mol. The smallest absolute Gasteiger partial charge is 0.255 e. The van der Waals surface area contributed by atoms with E-state index in [2.05, 4.69) is 10.6 Å². The lowest BCUT2D eigenvalue weighted by atomic mass is 10.1. The van der Waals surface area contributed by atoms with Crippen LogP contribution in [-0.2, 0) is 11.2 Å². The van der Waals surface area contributed by atoms with Gasteiger partial charge in [-0.1, -0.05) is 23.7 Å². The van der Waals surface area contributed by atoms with Crippen LogP contribution in [0.25, 0.3) is 0 Å². The molecule has 0 aliphatic heterocycles. The Hall–Kier alpha value is -2.73. The fraction of sp³-hybridized carbons (Fsp3) is 0.300. The van der Waals surface area contributed by atoms with Gasteiger partial charge in [-0.15, -0.1) is 0 Å². The summed E-state index contributed by atoms with van der Waals surface area (Å²) < 4.78 is 10.4. The van der Waals surface area contributed by atoms with Crippen molar-refractivity contribution in [1.29, 1.82) is 0 Å². The minimum absolute atomic E-state index is 0.0400. The molecule has 0 fully saturated rings. The van der Waals surface area contributed by atoms with Gasteiger partial charge in [-0.2, -0.15) is 0 Å². The van der Waals surface area contributed by atoms with Crippen molar-refractivity contribution < 1.29 is 19.1 Å². The molecule has 0 saturated carbocycles. The number of hydrogen-bond acceptors (Lipinski definition) is 4. The first-order valence-electron chi connectivity index (χ1n) is 8.45. The van der Waals surface area contributed by atoms with Crippen molar-refractivity contribution in [3.05, 3.63) is 52.5 Å². The number of carbonyl (C=O) groups is 2. The molecule has 0 spiro atoms. The molecule has 0 aliphatic carbocycles. The van der Waals surface area contributed by atoms with Gasteiger partial charge in [0.1, 0.15) is 0 Å². The maximum Gasteiger partial charge on any atom is 0.255 e. The van der Waals surface area contributed by atoms with E-state index in [1.807, 2.05) is 13.8 Å². The fourth-order valence-electron chi connectivity index (χ4n) is 2.52. The van der Waals surface area contributed by atoms with E-state index >= 15 is 0 Å². The molecular formula is C20H23ClN2O4. The lowest BCUT2D eigenvalue weighted by Crippen LogP contribution is -2.31. The van der Waals surface area contributed by atoms with Crippen LogP contribution in [0.15, 0.2) is 36.4 Å². The van der Waals surface area contributed by atoms with Gasteiger partial charge in [-0.3, -0.25) is 9.59 Å². The number of halogens is 1. The Morgan fingerprint density at radius 1 is 1.07 bits per heavy atom. The van der Waals surface area contributed by atoms with Crippen LogP contribution in [0, 0.1) is 0 Å². The van der Waals surface area contributed by atoms with Crippen molar-refractivity contribution in [2.24, 2.45) is 0 Å². The number of methoxy groups -OCH3 is 2. The van der Waals surface area contributed by atoms with Crippen LogP contribution in [0.5, 0.6) is 11.5 Å². The summed E-state index contributed by atoms with van der Waals surface area (Å²) in [6.45, 7) is 3.83. The summed E-state index contributed by atoms with van der Waals surface area (Å²) in [6, 6.07) is 10.3. The maximum absolute atomic E-state index is 12.5. The van der Waals surface area contributed by atoms with Crippen molar-refractivity contribution in [3.63, 3.8) is 0 Å². The SMILES string of the molecule is COc1cc(C(=O)Nc2ccc(CC(=O)NC(C)C)cc2)cc(Cl)c1OC. The van der Waals surface area contributed by atoms with Crippen LogP contribution in [0.2, 0.25) is 5.02 Å². The number of rotatable bonds is 7. The molecule has 2 N–H and O–H groups in total. The third kappa shape index (κ3) is 5.62. The second-order valence-electron chi connectivity index (χ2n) is 6.24. The Morgan fingerprint density at radius 2 is 1.74 bits per heavy atom. The van der Waals surface area contributed by atoms with E-state index in [9.17, 15) is 9.59 Å². The van der Waals surface area contributed by atoms with Crippen molar-refractivity contribution in [2.75, 3.05) is 19.5 Å². The Kier molecular flexibility index (Phi) is 7.07. The standard InChI is InChI=1S/C20H23ClN2O4/c1-12(2)22-18(24)9-13-5-7-15(8-6-13)23-20(25)14-10-16(21)19(27-4)17(11-14)26-3/h5-8,10-12H,9H2,1-4H3,(H,22,24)(H,23,25). The van der Waals surface area contributed by atoms with E-state index in [-0.39, 0.29) is 29.3 Å². The molecule has 0 heterocycles. The van der Waals surface area contributed by atoms with Crippen LogP contribution >= 0.6 is 11.6 Å². The number of anilines is 1. The number of nitrogens with one attached hydrogen (secondary N) is 2. The second-order valence-corrected chi connectivity index (χ2v) is 6.65. The van der Waals surface area contributed by atoms with Gasteiger partial charge in [-0.25, -0.2) is 0 Å². The largest absolute Gasteiger partial charge is 0.493 e. The molecule has 0 aliphatic rings. The predicted molar refractivity (Wildman–Crippen MR) is 106 cm³/mol. The highest BCUT2D eigenvalue weighted by molar-refractivity contribution is 6.32. The highest BCUT2D eigenvalue weighted by Gasteiger charge is 2.15. The molecule has 0 radical (unpaired) electrons. The first-order valence-corrected chi connectivity index (χ1v) is 8.83. The third-order valence-electron chi connectivity index (χ3n) is 3.72. The number of amides is 2. The first kappa shape index (κ1) is 20.6. The zero-order valence-electron chi connectivity index (χ0n) is 15.8. The Balaban J connectivity index is 2.08. The van der Waals surface area contributed by atoms with Crippen molar-refractivity contribution in [2.45, 2.75) is 26.3 Å². The van der Waals surface area contributed by atoms with E-state index < -0.39 is 0 Å². The topological polar surface area (TPSA) is 76.7 Å². The normalized spacial score (nSPS) is 10.4. The summed E-state index contributed by atoms with van der Waals surface area (Å²) in [7, 11) is 2.95. The molecule has 0 atom stereocenters. The van der Waals surface area contributed by atoms with Crippen LogP contribution in [0.4, 0.5) is 5.69 Å². The first-order chi connectivity index (χ1) is 12.8. The van der Waals surface area contributed by atoms with E-state index in [0.29, 0.717) is 22.7 Å². The van der Waals surface area contributed by atoms with E-state index in [4.69, 9.17) is 21.1 Å². The van der Waals surface area contributed by atoms with Gasteiger partial charge in [0.15, 0.2) is 11.5 Å². The van der Waals surface area contributed by atoms with Gasteiger partial charge in [0.05, 0.1) is 25.7 Å². The molecule has 0 saturated heterocycles. The number of benzene rings is 2. The molecule has 2 aromatic rings. The van der Waals surface area contributed by atoms with Gasteiger partial charge >= 0.3 is 0 Å². The summed E-state index contributed by atoms with van der Waals surface area (Å²) in [5.74, 6) is 0.381. The van der Waals surface area contributed by atoms with Crippen LogP contribution in [0.1, 0.15) is 29.8 Å². The molecular weight excluding hydrogens is 368 g/mol. The zero-order chi connectivity index (χ0) is 20.0. The predicted octanol–water partition coefficient (Wildman–Crippen LogP) is 3.68. The molecule has 0 unspecified atom stereocenters. The lowest BCUT2D eigenvalue weighted by Gasteiger charge is -2.12. The van der Waals surface area contributed by atoms with Gasteiger partial charge in [0.25, 0.3) is 5.91 Å².